The van der Waals surface area contributed by atoms with Gasteiger partial charge in [-0.25, -0.2) is 9.80 Å². The van der Waals surface area contributed by atoms with Crippen molar-refractivity contribution in [2.75, 3.05) is 12.1 Å². The molecule has 1 aliphatic heterocycles. The summed E-state index contributed by atoms with van der Waals surface area (Å²) in [6, 6.07) is 25.1. The Balaban J connectivity index is 1.57. The van der Waals surface area contributed by atoms with Crippen LogP contribution in [0.1, 0.15) is 21.5 Å². The summed E-state index contributed by atoms with van der Waals surface area (Å²) in [6.07, 6.45) is 0.899. The Morgan fingerprint density at radius 3 is 2.46 bits per heavy atom. The number of para-hydroxylation sites is 1. The first-order valence-corrected chi connectivity index (χ1v) is 11.3. The summed E-state index contributed by atoms with van der Waals surface area (Å²) >= 11 is 0. The number of carbonyl (C=O) groups is 1. The van der Waals surface area contributed by atoms with Crippen LogP contribution in [0.4, 0.5) is 5.69 Å². The van der Waals surface area contributed by atoms with Gasteiger partial charge < -0.3 is 20.3 Å². The van der Waals surface area contributed by atoms with E-state index in [9.17, 15) is 15.3 Å². The van der Waals surface area contributed by atoms with E-state index in [2.05, 4.69) is 17.2 Å². The van der Waals surface area contributed by atoms with Crippen LogP contribution in [0.3, 0.4) is 0 Å². The minimum absolute atomic E-state index is 0.198. The average molecular weight is 494 g/mol. The van der Waals surface area contributed by atoms with Crippen LogP contribution in [0.5, 0.6) is 11.5 Å². The van der Waals surface area contributed by atoms with E-state index in [-0.39, 0.29) is 17.7 Å². The first-order valence-electron chi connectivity index (χ1n) is 11.3. The van der Waals surface area contributed by atoms with E-state index in [1.54, 1.807) is 41.4 Å². The van der Waals surface area contributed by atoms with Crippen molar-refractivity contribution in [1.82, 2.24) is 0 Å². The highest BCUT2D eigenvalue weighted by Gasteiger charge is 2.37. The van der Waals surface area contributed by atoms with Crippen LogP contribution < -0.4 is 20.2 Å². The Labute approximate surface area is 213 Å². The number of carboxylic acid groups (broad SMARTS) is 1. The molecule has 0 saturated carbocycles. The fraction of sp³-hybridized carbons (Fsp3) is 0.143. The molecule has 3 aromatic rings. The van der Waals surface area contributed by atoms with Gasteiger partial charge in [0, 0.05) is 0 Å². The number of nitrogens with zero attached hydrogens (tertiary/aromatic N) is 4. The predicted molar refractivity (Wildman–Crippen MR) is 138 cm³/mol. The highest BCUT2D eigenvalue weighted by atomic mass is 16.5. The number of hydrogen-bond donors (Lipinski definition) is 2. The van der Waals surface area contributed by atoms with Gasteiger partial charge in [-0.05, 0) is 53.6 Å². The minimum atomic E-state index is -0.992. The third kappa shape index (κ3) is 5.43. The van der Waals surface area contributed by atoms with Crippen LogP contribution in [0.15, 0.2) is 83.5 Å². The first-order chi connectivity index (χ1) is 17.9. The second-order valence-corrected chi connectivity index (χ2v) is 8.13. The van der Waals surface area contributed by atoms with Crippen molar-refractivity contribution < 1.29 is 19.4 Å². The van der Waals surface area contributed by atoms with Gasteiger partial charge in [-0.2, -0.15) is 15.6 Å². The number of anilines is 1. The van der Waals surface area contributed by atoms with Crippen molar-refractivity contribution in [1.29, 1.82) is 10.5 Å². The molecule has 0 aromatic heterocycles. The Bertz CT molecular complexity index is 1440. The number of nitriles is 2. The molecule has 0 radical (unpaired) electrons. The fourth-order valence-electron chi connectivity index (χ4n) is 3.85. The van der Waals surface area contributed by atoms with E-state index in [1.807, 2.05) is 30.3 Å². The summed E-state index contributed by atoms with van der Waals surface area (Å²) < 4.78 is 11.3. The van der Waals surface area contributed by atoms with Crippen LogP contribution in [0.2, 0.25) is 0 Å². The standard InChI is InChI=1S/C28H23N5O4/c1-36-25-14-19(9-12-24(25)37-17-18-7-10-20(11-8-18)28(34)35)13-21(15-29)26-23(16-30)27(31)33(32-26)22-5-3-2-4-6-22/h2-14,23,27H,17,31H2,1H3,(H,34,35)/b21-13+/t23-,27-/m1/s1. The van der Waals surface area contributed by atoms with Crippen LogP contribution in [0, 0.1) is 28.6 Å². The van der Waals surface area contributed by atoms with Crippen molar-refractivity contribution in [3.8, 4) is 23.6 Å². The number of rotatable bonds is 8. The van der Waals surface area contributed by atoms with Crippen LogP contribution in [-0.2, 0) is 6.61 Å². The average Bonchev–Trinajstić information content (AvgIpc) is 3.27. The SMILES string of the molecule is COc1cc(/C=C(\C#N)C2=NN(c3ccccc3)[C@@H](N)[C@@H]2C#N)ccc1OCc1ccc(C(=O)O)cc1. The first kappa shape index (κ1) is 25.0. The minimum Gasteiger partial charge on any atom is -0.493 e. The Kier molecular flexibility index (Phi) is 7.48. The molecular formula is C28H23N5O4. The largest absolute Gasteiger partial charge is 0.493 e. The van der Waals surface area contributed by atoms with Crippen LogP contribution in [0.25, 0.3) is 6.08 Å². The molecule has 2 atom stereocenters. The number of carboxylic acids is 1. The molecule has 0 spiro atoms. The van der Waals surface area contributed by atoms with Crippen LogP contribution >= 0.6 is 0 Å². The summed E-state index contributed by atoms with van der Waals surface area (Å²) in [5.41, 5.74) is 9.18. The van der Waals surface area contributed by atoms with E-state index in [0.29, 0.717) is 22.8 Å². The van der Waals surface area contributed by atoms with Crippen molar-refractivity contribution in [2.24, 2.45) is 16.8 Å². The van der Waals surface area contributed by atoms with Gasteiger partial charge in [-0.15, -0.1) is 0 Å². The van der Waals surface area contributed by atoms with Crippen molar-refractivity contribution in [2.45, 2.75) is 12.8 Å². The fourth-order valence-corrected chi connectivity index (χ4v) is 3.85. The lowest BCUT2D eigenvalue weighted by Gasteiger charge is -2.21. The molecule has 9 heteroatoms. The van der Waals surface area contributed by atoms with E-state index in [0.717, 1.165) is 11.3 Å². The second kappa shape index (κ2) is 11.1. The maximum Gasteiger partial charge on any atom is 0.335 e. The molecule has 0 fully saturated rings. The lowest BCUT2D eigenvalue weighted by Crippen LogP contribution is -2.40. The normalized spacial score (nSPS) is 16.9. The molecule has 0 saturated heterocycles. The molecule has 184 valence electrons. The number of hydrogen-bond acceptors (Lipinski definition) is 8. The number of ether oxygens (including phenoxy) is 2. The van der Waals surface area contributed by atoms with E-state index < -0.39 is 18.1 Å². The summed E-state index contributed by atoms with van der Waals surface area (Å²) in [5, 5.41) is 34.7. The second-order valence-electron chi connectivity index (χ2n) is 8.13. The Morgan fingerprint density at radius 2 is 1.84 bits per heavy atom. The number of hydrazone groups is 1. The van der Waals surface area contributed by atoms with E-state index in [1.165, 1.54) is 19.2 Å². The third-order valence-corrected chi connectivity index (χ3v) is 5.78. The van der Waals surface area contributed by atoms with E-state index in [4.69, 9.17) is 20.3 Å². The predicted octanol–water partition coefficient (Wildman–Crippen LogP) is 4.18. The van der Waals surface area contributed by atoms with E-state index >= 15 is 0 Å². The molecule has 3 N–H and O–H groups in total. The smallest absolute Gasteiger partial charge is 0.335 e. The van der Waals surface area contributed by atoms with Crippen LogP contribution in [-0.4, -0.2) is 30.1 Å². The maximum absolute atomic E-state index is 11.0. The van der Waals surface area contributed by atoms with Gasteiger partial charge in [0.1, 0.15) is 24.8 Å². The zero-order valence-electron chi connectivity index (χ0n) is 19.9. The quantitative estimate of drug-likeness (QED) is 0.445. The molecule has 0 amide bonds. The topological polar surface area (TPSA) is 145 Å². The molecule has 1 heterocycles. The van der Waals surface area contributed by atoms with Gasteiger partial charge in [-0.1, -0.05) is 36.4 Å². The van der Waals surface area contributed by atoms with Gasteiger partial charge >= 0.3 is 5.97 Å². The summed E-state index contributed by atoms with van der Waals surface area (Å²) in [5.74, 6) is -0.857. The molecule has 1 aliphatic rings. The van der Waals surface area contributed by atoms with Gasteiger partial charge in [0.15, 0.2) is 11.5 Å². The molecular weight excluding hydrogens is 470 g/mol. The van der Waals surface area contributed by atoms with Crippen molar-refractivity contribution in [3.63, 3.8) is 0 Å². The highest BCUT2D eigenvalue weighted by molar-refractivity contribution is 6.11. The number of nitrogens with two attached hydrogens (primary N) is 1. The monoisotopic (exact) mass is 493 g/mol. The number of allylic oxidation sites excluding steroid dienone is 1. The molecule has 9 nitrogen and oxygen atoms in total. The summed E-state index contributed by atoms with van der Waals surface area (Å²) in [4.78, 5) is 11.0. The zero-order valence-corrected chi connectivity index (χ0v) is 19.9. The molecule has 0 unspecified atom stereocenters. The third-order valence-electron chi connectivity index (χ3n) is 5.78. The lowest BCUT2D eigenvalue weighted by atomic mass is 9.95. The highest BCUT2D eigenvalue weighted by Crippen LogP contribution is 2.32. The molecule has 3 aromatic carbocycles. The van der Waals surface area contributed by atoms with Crippen molar-refractivity contribution >= 4 is 23.4 Å². The lowest BCUT2D eigenvalue weighted by molar-refractivity contribution is 0.0697. The maximum atomic E-state index is 11.0. The Hall–Kier alpha value is -5.12. The van der Waals surface area contributed by atoms with Gasteiger partial charge in [0.2, 0.25) is 0 Å². The summed E-state index contributed by atoms with van der Waals surface area (Å²) in [7, 11) is 1.51. The van der Waals surface area contributed by atoms with Crippen molar-refractivity contribution in [3.05, 3.63) is 95.1 Å². The molecule has 0 aliphatic carbocycles. The molecule has 0 bridgehead atoms. The molecule has 4 rings (SSSR count). The number of methoxy groups -OCH3 is 1. The number of benzene rings is 3. The van der Waals surface area contributed by atoms with Gasteiger partial charge in [-0.3, -0.25) is 0 Å². The zero-order chi connectivity index (χ0) is 26.4. The van der Waals surface area contributed by atoms with Gasteiger partial charge in [0.25, 0.3) is 0 Å². The van der Waals surface area contributed by atoms with Gasteiger partial charge in [0.05, 0.1) is 35.7 Å². The Morgan fingerprint density at radius 1 is 1.11 bits per heavy atom. The number of aromatic carboxylic acids is 1. The summed E-state index contributed by atoms with van der Waals surface area (Å²) in [6.45, 7) is 0.211. The molecule has 37 heavy (non-hydrogen) atoms.